The number of benzene rings is 1. The van der Waals surface area contributed by atoms with Crippen molar-refractivity contribution in [3.63, 3.8) is 0 Å². The predicted octanol–water partition coefficient (Wildman–Crippen LogP) is 2.95. The minimum atomic E-state index is -0.524. The topological polar surface area (TPSA) is 46.0 Å². The van der Waals surface area contributed by atoms with Gasteiger partial charge >= 0.3 is 0 Å². The standard InChI is InChI=1S/C16H20N2O/c1-12(2)10-14-15(18-9-8-17-14)11-16(19)13-6-4-3-5-7-13/h3-9,12,16,19H,10-11H2,1-2H3. The molecule has 0 amide bonds. The highest BCUT2D eigenvalue weighted by molar-refractivity contribution is 5.21. The smallest absolute Gasteiger partial charge is 0.0846 e. The van der Waals surface area contributed by atoms with E-state index in [4.69, 9.17) is 0 Å². The van der Waals surface area contributed by atoms with Gasteiger partial charge in [-0.2, -0.15) is 0 Å². The van der Waals surface area contributed by atoms with Gasteiger partial charge in [-0.15, -0.1) is 0 Å². The Hall–Kier alpha value is -1.74. The third-order valence-electron chi connectivity index (χ3n) is 3.03. The zero-order chi connectivity index (χ0) is 13.7. The van der Waals surface area contributed by atoms with Crippen LogP contribution in [0.15, 0.2) is 42.7 Å². The van der Waals surface area contributed by atoms with Crippen LogP contribution in [0.2, 0.25) is 0 Å². The summed E-state index contributed by atoms with van der Waals surface area (Å²) < 4.78 is 0. The number of hydrogen-bond acceptors (Lipinski definition) is 3. The summed E-state index contributed by atoms with van der Waals surface area (Å²) in [4.78, 5) is 8.77. The van der Waals surface area contributed by atoms with E-state index >= 15 is 0 Å². The quantitative estimate of drug-likeness (QED) is 0.894. The summed E-state index contributed by atoms with van der Waals surface area (Å²) >= 11 is 0. The molecule has 1 heterocycles. The molecule has 0 saturated carbocycles. The van der Waals surface area contributed by atoms with Crippen molar-refractivity contribution in [1.29, 1.82) is 0 Å². The van der Waals surface area contributed by atoms with Crippen LogP contribution in [0, 0.1) is 5.92 Å². The lowest BCUT2D eigenvalue weighted by atomic mass is 10.0. The molecule has 0 fully saturated rings. The predicted molar refractivity (Wildman–Crippen MR) is 75.7 cm³/mol. The van der Waals surface area contributed by atoms with E-state index in [9.17, 15) is 5.11 Å². The largest absolute Gasteiger partial charge is 0.388 e. The second-order valence-corrected chi connectivity index (χ2v) is 5.18. The highest BCUT2D eigenvalue weighted by Gasteiger charge is 2.13. The van der Waals surface area contributed by atoms with Crippen molar-refractivity contribution in [2.45, 2.75) is 32.8 Å². The van der Waals surface area contributed by atoms with Crippen molar-refractivity contribution in [2.75, 3.05) is 0 Å². The summed E-state index contributed by atoms with van der Waals surface area (Å²) in [5.41, 5.74) is 2.81. The van der Waals surface area contributed by atoms with Crippen molar-refractivity contribution in [3.8, 4) is 0 Å². The van der Waals surface area contributed by atoms with Gasteiger partial charge in [0.15, 0.2) is 0 Å². The van der Waals surface area contributed by atoms with Gasteiger partial charge in [-0.05, 0) is 17.9 Å². The fourth-order valence-corrected chi connectivity index (χ4v) is 2.10. The average Bonchev–Trinajstić information content (AvgIpc) is 2.41. The molecule has 3 nitrogen and oxygen atoms in total. The van der Waals surface area contributed by atoms with Gasteiger partial charge in [-0.3, -0.25) is 9.97 Å². The van der Waals surface area contributed by atoms with E-state index in [1.807, 2.05) is 30.3 Å². The van der Waals surface area contributed by atoms with Crippen LogP contribution in [0.1, 0.15) is 36.9 Å². The van der Waals surface area contributed by atoms with Crippen molar-refractivity contribution < 1.29 is 5.11 Å². The Morgan fingerprint density at radius 3 is 2.11 bits per heavy atom. The van der Waals surface area contributed by atoms with Crippen LogP contribution in [0.5, 0.6) is 0 Å². The maximum Gasteiger partial charge on any atom is 0.0846 e. The maximum atomic E-state index is 10.3. The first kappa shape index (κ1) is 13.7. The van der Waals surface area contributed by atoms with Crippen LogP contribution >= 0.6 is 0 Å². The summed E-state index contributed by atoms with van der Waals surface area (Å²) in [6.45, 7) is 4.32. The SMILES string of the molecule is CC(C)Cc1nccnc1CC(O)c1ccccc1. The molecular weight excluding hydrogens is 236 g/mol. The molecule has 1 atom stereocenters. The molecule has 0 aliphatic carbocycles. The van der Waals surface area contributed by atoms with Gasteiger partial charge in [0.1, 0.15) is 0 Å². The van der Waals surface area contributed by atoms with Gasteiger partial charge in [-0.1, -0.05) is 44.2 Å². The normalized spacial score (nSPS) is 12.6. The maximum absolute atomic E-state index is 10.3. The number of hydrogen-bond donors (Lipinski definition) is 1. The molecule has 0 spiro atoms. The Balaban J connectivity index is 2.15. The Bertz CT molecular complexity index is 511. The monoisotopic (exact) mass is 256 g/mol. The van der Waals surface area contributed by atoms with Gasteiger partial charge in [-0.25, -0.2) is 0 Å². The molecule has 0 saturated heterocycles. The minimum absolute atomic E-state index is 0.514. The second-order valence-electron chi connectivity index (χ2n) is 5.18. The summed E-state index contributed by atoms with van der Waals surface area (Å²) in [6.07, 6.45) is 4.29. The van der Waals surface area contributed by atoms with E-state index in [0.717, 1.165) is 23.4 Å². The Morgan fingerprint density at radius 2 is 1.53 bits per heavy atom. The third kappa shape index (κ3) is 3.86. The van der Waals surface area contributed by atoms with E-state index in [-0.39, 0.29) is 0 Å². The summed E-state index contributed by atoms with van der Waals surface area (Å²) in [7, 11) is 0. The highest BCUT2D eigenvalue weighted by atomic mass is 16.3. The van der Waals surface area contributed by atoms with E-state index in [2.05, 4.69) is 23.8 Å². The van der Waals surface area contributed by atoms with Gasteiger partial charge < -0.3 is 5.11 Å². The molecule has 3 heteroatoms. The van der Waals surface area contributed by atoms with E-state index in [1.165, 1.54) is 0 Å². The first-order valence-corrected chi connectivity index (χ1v) is 6.68. The number of aliphatic hydroxyl groups is 1. The van der Waals surface area contributed by atoms with E-state index in [0.29, 0.717) is 12.3 Å². The lowest BCUT2D eigenvalue weighted by molar-refractivity contribution is 0.176. The van der Waals surface area contributed by atoms with Gasteiger partial charge in [0.05, 0.1) is 17.5 Å². The summed E-state index contributed by atoms with van der Waals surface area (Å²) in [6, 6.07) is 9.68. The van der Waals surface area contributed by atoms with Crippen LogP contribution < -0.4 is 0 Å². The van der Waals surface area contributed by atoms with Gasteiger partial charge in [0.25, 0.3) is 0 Å². The van der Waals surface area contributed by atoms with Crippen LogP contribution in [0.4, 0.5) is 0 Å². The zero-order valence-corrected chi connectivity index (χ0v) is 11.5. The first-order valence-electron chi connectivity index (χ1n) is 6.68. The third-order valence-corrected chi connectivity index (χ3v) is 3.03. The molecule has 1 aromatic carbocycles. The molecule has 2 rings (SSSR count). The van der Waals surface area contributed by atoms with Crippen LogP contribution in [-0.4, -0.2) is 15.1 Å². The zero-order valence-electron chi connectivity index (χ0n) is 11.5. The second kappa shape index (κ2) is 6.43. The Kier molecular flexibility index (Phi) is 4.63. The Labute approximate surface area is 114 Å². The molecule has 0 radical (unpaired) electrons. The first-order chi connectivity index (χ1) is 9.16. The van der Waals surface area contributed by atoms with Crippen LogP contribution in [-0.2, 0) is 12.8 Å². The van der Waals surface area contributed by atoms with Crippen LogP contribution in [0.3, 0.4) is 0 Å². The van der Waals surface area contributed by atoms with Crippen molar-refractivity contribution in [3.05, 3.63) is 59.7 Å². The van der Waals surface area contributed by atoms with Crippen molar-refractivity contribution in [2.24, 2.45) is 5.92 Å². The molecular formula is C16H20N2O. The number of aromatic nitrogens is 2. The molecule has 1 N–H and O–H groups in total. The lowest BCUT2D eigenvalue weighted by Gasteiger charge is -2.13. The van der Waals surface area contributed by atoms with Crippen LogP contribution in [0.25, 0.3) is 0 Å². The molecule has 0 aliphatic heterocycles. The number of nitrogens with zero attached hydrogens (tertiary/aromatic N) is 2. The fraction of sp³-hybridized carbons (Fsp3) is 0.375. The fourth-order valence-electron chi connectivity index (χ4n) is 2.10. The Morgan fingerprint density at radius 1 is 0.947 bits per heavy atom. The lowest BCUT2D eigenvalue weighted by Crippen LogP contribution is -2.09. The molecule has 2 aromatic rings. The number of aliphatic hydroxyl groups excluding tert-OH is 1. The average molecular weight is 256 g/mol. The minimum Gasteiger partial charge on any atom is -0.388 e. The van der Waals surface area contributed by atoms with Gasteiger partial charge in [0, 0.05) is 18.8 Å². The molecule has 1 aromatic heterocycles. The summed E-state index contributed by atoms with van der Waals surface area (Å²) in [5.74, 6) is 0.532. The van der Waals surface area contributed by atoms with E-state index in [1.54, 1.807) is 12.4 Å². The summed E-state index contributed by atoms with van der Waals surface area (Å²) in [5, 5.41) is 10.3. The molecule has 100 valence electrons. The molecule has 0 aliphatic rings. The molecule has 1 unspecified atom stereocenters. The van der Waals surface area contributed by atoms with Crippen molar-refractivity contribution >= 4 is 0 Å². The molecule has 0 bridgehead atoms. The van der Waals surface area contributed by atoms with E-state index < -0.39 is 6.10 Å². The van der Waals surface area contributed by atoms with Gasteiger partial charge in [0.2, 0.25) is 0 Å². The number of rotatable bonds is 5. The molecule has 19 heavy (non-hydrogen) atoms. The highest BCUT2D eigenvalue weighted by Crippen LogP contribution is 2.19. The van der Waals surface area contributed by atoms with Crippen molar-refractivity contribution in [1.82, 2.24) is 9.97 Å².